The van der Waals surface area contributed by atoms with Crippen LogP contribution >= 0.6 is 35.0 Å². The molecule has 6 nitrogen and oxygen atoms in total. The predicted octanol–water partition coefficient (Wildman–Crippen LogP) is 3.91. The van der Waals surface area contributed by atoms with Gasteiger partial charge in [-0.3, -0.25) is 14.5 Å². The largest absolute Gasteiger partial charge is 0.497 e. The molecule has 2 aromatic rings. The summed E-state index contributed by atoms with van der Waals surface area (Å²) in [6, 6.07) is 13.7. The van der Waals surface area contributed by atoms with E-state index in [9.17, 15) is 14.9 Å². The number of nitriles is 1. The lowest BCUT2D eigenvalue weighted by atomic mass is 10.1. The molecule has 1 aliphatic heterocycles. The molecular weight excluding hydrogens is 433 g/mol. The van der Waals surface area contributed by atoms with Crippen molar-refractivity contribution in [3.8, 4) is 11.8 Å². The average Bonchev–Trinajstić information content (AvgIpc) is 3.01. The molecular formula is C20H15Cl2N3O3S. The van der Waals surface area contributed by atoms with Gasteiger partial charge >= 0.3 is 0 Å². The fraction of sp³-hybridized carbons (Fsp3) is 0.150. The number of nitrogens with two attached hydrogens (primary N) is 1. The maximum absolute atomic E-state index is 13.2. The average molecular weight is 448 g/mol. The summed E-state index contributed by atoms with van der Waals surface area (Å²) in [5.41, 5.74) is 6.38. The number of hydrogen-bond acceptors (Lipinski definition) is 5. The Labute approximate surface area is 181 Å². The van der Waals surface area contributed by atoms with Crippen LogP contribution in [-0.4, -0.2) is 24.2 Å². The van der Waals surface area contributed by atoms with Gasteiger partial charge in [0.1, 0.15) is 22.4 Å². The SMILES string of the molecule is COc1cccc(N2C(=O)C(Cc3ccc(Cl)c(Cl)c3)SC2=C(C#N)C(N)=O)c1. The smallest absolute Gasteiger partial charge is 0.262 e. The van der Waals surface area contributed by atoms with Crippen LogP contribution in [0.2, 0.25) is 10.0 Å². The van der Waals surface area contributed by atoms with E-state index in [0.717, 1.165) is 17.3 Å². The Bertz CT molecular complexity index is 1070. The molecule has 1 unspecified atom stereocenters. The zero-order valence-corrected chi connectivity index (χ0v) is 17.5. The predicted molar refractivity (Wildman–Crippen MR) is 114 cm³/mol. The highest BCUT2D eigenvalue weighted by molar-refractivity contribution is 8.05. The monoisotopic (exact) mass is 447 g/mol. The van der Waals surface area contributed by atoms with Crippen LogP contribution in [0.5, 0.6) is 5.75 Å². The number of amides is 2. The van der Waals surface area contributed by atoms with E-state index in [0.29, 0.717) is 27.9 Å². The summed E-state index contributed by atoms with van der Waals surface area (Å²) < 4.78 is 5.22. The fourth-order valence-electron chi connectivity index (χ4n) is 2.86. The van der Waals surface area contributed by atoms with Gasteiger partial charge in [0.15, 0.2) is 0 Å². The highest BCUT2D eigenvalue weighted by Crippen LogP contribution is 2.42. The lowest BCUT2D eigenvalue weighted by Gasteiger charge is -2.19. The van der Waals surface area contributed by atoms with E-state index in [1.54, 1.807) is 42.5 Å². The first-order valence-electron chi connectivity index (χ1n) is 8.38. The van der Waals surface area contributed by atoms with Crippen molar-refractivity contribution < 1.29 is 14.3 Å². The number of primary amides is 1. The summed E-state index contributed by atoms with van der Waals surface area (Å²) in [6.07, 6.45) is 0.335. The Morgan fingerprint density at radius 2 is 2.03 bits per heavy atom. The van der Waals surface area contributed by atoms with Crippen molar-refractivity contribution in [1.29, 1.82) is 5.26 Å². The van der Waals surface area contributed by atoms with Gasteiger partial charge in [-0.15, -0.1) is 0 Å². The summed E-state index contributed by atoms with van der Waals surface area (Å²) in [6.45, 7) is 0. The summed E-state index contributed by atoms with van der Waals surface area (Å²) in [7, 11) is 1.51. The lowest BCUT2D eigenvalue weighted by molar-refractivity contribution is -0.117. The molecule has 0 aromatic heterocycles. The highest BCUT2D eigenvalue weighted by atomic mass is 35.5. The summed E-state index contributed by atoms with van der Waals surface area (Å²) in [5.74, 6) is -0.644. The lowest BCUT2D eigenvalue weighted by Crippen LogP contribution is -2.31. The molecule has 1 aliphatic rings. The summed E-state index contributed by atoms with van der Waals surface area (Å²) >= 11 is 13.1. The van der Waals surface area contributed by atoms with E-state index in [1.807, 2.05) is 6.07 Å². The number of halogens is 2. The Hall–Kier alpha value is -2.66. The van der Waals surface area contributed by atoms with Crippen LogP contribution in [0.25, 0.3) is 0 Å². The first-order chi connectivity index (χ1) is 13.8. The van der Waals surface area contributed by atoms with Crippen molar-refractivity contribution in [2.45, 2.75) is 11.7 Å². The number of carbonyl (C=O) groups is 2. The Balaban J connectivity index is 2.04. The molecule has 2 aromatic carbocycles. The molecule has 0 bridgehead atoms. The third kappa shape index (κ3) is 4.35. The van der Waals surface area contributed by atoms with E-state index in [-0.39, 0.29) is 16.5 Å². The van der Waals surface area contributed by atoms with Crippen molar-refractivity contribution in [2.75, 3.05) is 12.0 Å². The van der Waals surface area contributed by atoms with E-state index in [1.165, 1.54) is 12.0 Å². The molecule has 0 saturated carbocycles. The number of anilines is 1. The van der Waals surface area contributed by atoms with Crippen molar-refractivity contribution in [3.63, 3.8) is 0 Å². The summed E-state index contributed by atoms with van der Waals surface area (Å²) in [4.78, 5) is 26.4. The fourth-order valence-corrected chi connectivity index (χ4v) is 4.50. The Morgan fingerprint density at radius 3 is 2.66 bits per heavy atom. The minimum atomic E-state index is -0.897. The highest BCUT2D eigenvalue weighted by Gasteiger charge is 2.40. The van der Waals surface area contributed by atoms with Crippen LogP contribution in [0.4, 0.5) is 5.69 Å². The van der Waals surface area contributed by atoms with Crippen molar-refractivity contribution >= 4 is 52.5 Å². The molecule has 0 spiro atoms. The van der Waals surface area contributed by atoms with Crippen molar-refractivity contribution in [2.24, 2.45) is 5.73 Å². The molecule has 1 heterocycles. The van der Waals surface area contributed by atoms with Gasteiger partial charge in [-0.1, -0.05) is 47.1 Å². The number of carbonyl (C=O) groups excluding carboxylic acids is 2. The minimum Gasteiger partial charge on any atom is -0.497 e. The van der Waals surface area contributed by atoms with Gasteiger partial charge in [0.05, 0.1) is 28.1 Å². The number of nitrogens with zero attached hydrogens (tertiary/aromatic N) is 2. The summed E-state index contributed by atoms with van der Waals surface area (Å²) in [5, 5.41) is 9.86. The van der Waals surface area contributed by atoms with E-state index < -0.39 is 11.2 Å². The van der Waals surface area contributed by atoms with Crippen LogP contribution in [0, 0.1) is 11.3 Å². The normalized spacial score (nSPS) is 17.8. The number of thioether (sulfide) groups is 1. The number of methoxy groups -OCH3 is 1. The van der Waals surface area contributed by atoms with Crippen LogP contribution in [0.3, 0.4) is 0 Å². The van der Waals surface area contributed by atoms with Crippen molar-refractivity contribution in [1.82, 2.24) is 0 Å². The third-order valence-corrected chi connectivity index (χ3v) is 6.24. The molecule has 1 saturated heterocycles. The first-order valence-corrected chi connectivity index (χ1v) is 10.0. The van der Waals surface area contributed by atoms with Crippen LogP contribution in [-0.2, 0) is 16.0 Å². The molecule has 9 heteroatoms. The van der Waals surface area contributed by atoms with Gasteiger partial charge in [-0.2, -0.15) is 5.26 Å². The molecule has 2 N–H and O–H groups in total. The Morgan fingerprint density at radius 1 is 1.28 bits per heavy atom. The van der Waals surface area contributed by atoms with Crippen LogP contribution in [0.15, 0.2) is 53.1 Å². The molecule has 29 heavy (non-hydrogen) atoms. The van der Waals surface area contributed by atoms with E-state index in [4.69, 9.17) is 33.7 Å². The van der Waals surface area contributed by atoms with Gasteiger partial charge in [-0.05, 0) is 36.2 Å². The van der Waals surface area contributed by atoms with Gasteiger partial charge in [-0.25, -0.2) is 0 Å². The second-order valence-electron chi connectivity index (χ2n) is 6.09. The number of ether oxygens (including phenoxy) is 1. The third-order valence-electron chi connectivity index (χ3n) is 4.24. The first kappa shape index (κ1) is 21.1. The number of benzene rings is 2. The van der Waals surface area contributed by atoms with Gasteiger partial charge in [0.2, 0.25) is 5.91 Å². The number of rotatable bonds is 5. The zero-order valence-electron chi connectivity index (χ0n) is 15.2. The van der Waals surface area contributed by atoms with Crippen LogP contribution < -0.4 is 15.4 Å². The van der Waals surface area contributed by atoms with Gasteiger partial charge < -0.3 is 10.5 Å². The Kier molecular flexibility index (Phi) is 6.38. The standard InChI is InChI=1S/C20H15Cl2N3O3S/c1-28-13-4-2-3-12(9-13)25-19(27)17(29-20(25)14(10-23)18(24)26)8-11-5-6-15(21)16(22)7-11/h2-7,9,17H,8H2,1H3,(H2,24,26). The van der Waals surface area contributed by atoms with E-state index in [2.05, 4.69) is 0 Å². The molecule has 0 aliphatic carbocycles. The molecule has 0 radical (unpaired) electrons. The maximum atomic E-state index is 13.2. The molecule has 1 fully saturated rings. The van der Waals surface area contributed by atoms with E-state index >= 15 is 0 Å². The second-order valence-corrected chi connectivity index (χ2v) is 8.10. The molecule has 3 rings (SSSR count). The zero-order chi connectivity index (χ0) is 21.1. The van der Waals surface area contributed by atoms with Gasteiger partial charge in [0, 0.05) is 6.07 Å². The molecule has 1 atom stereocenters. The number of hydrogen-bond donors (Lipinski definition) is 1. The molecule has 2 amide bonds. The van der Waals surface area contributed by atoms with Gasteiger partial charge in [0.25, 0.3) is 5.91 Å². The second kappa shape index (κ2) is 8.78. The quantitative estimate of drug-likeness (QED) is 0.553. The van der Waals surface area contributed by atoms with Crippen LogP contribution in [0.1, 0.15) is 5.56 Å². The topological polar surface area (TPSA) is 96.4 Å². The molecule has 148 valence electrons. The van der Waals surface area contributed by atoms with Crippen molar-refractivity contribution in [3.05, 3.63) is 68.7 Å². The minimum absolute atomic E-state index is 0.198. The maximum Gasteiger partial charge on any atom is 0.262 e.